The highest BCUT2D eigenvalue weighted by atomic mass is 16.6. The van der Waals surface area contributed by atoms with E-state index in [9.17, 15) is 24.8 Å². The van der Waals surface area contributed by atoms with E-state index in [2.05, 4.69) is 10.6 Å². The fourth-order valence-electron chi connectivity index (χ4n) is 1.48. The van der Waals surface area contributed by atoms with Crippen LogP contribution in [0, 0.1) is 10.1 Å². The monoisotopic (exact) mass is 297 g/mol. The van der Waals surface area contributed by atoms with E-state index in [0.717, 1.165) is 18.2 Å². The van der Waals surface area contributed by atoms with Gasteiger partial charge in [-0.25, -0.2) is 0 Å². The molecular weight excluding hydrogens is 282 g/mol. The van der Waals surface area contributed by atoms with Gasteiger partial charge in [0.1, 0.15) is 11.3 Å². The average molecular weight is 297 g/mol. The number of amides is 2. The summed E-state index contributed by atoms with van der Waals surface area (Å²) in [5, 5.41) is 24.8. The minimum absolute atomic E-state index is 0.282. The summed E-state index contributed by atoms with van der Waals surface area (Å²) in [4.78, 5) is 33.3. The van der Waals surface area contributed by atoms with Gasteiger partial charge in [-0.05, 0) is 12.1 Å². The molecule has 0 radical (unpaired) electrons. The van der Waals surface area contributed by atoms with E-state index in [1.807, 2.05) is 0 Å². The Bertz CT molecular complexity index is 546. The Morgan fingerprint density at radius 3 is 2.71 bits per heavy atom. The summed E-state index contributed by atoms with van der Waals surface area (Å²) in [6.45, 7) is 0.282. The molecule has 0 fully saturated rings. The van der Waals surface area contributed by atoms with Gasteiger partial charge < -0.3 is 20.5 Å². The van der Waals surface area contributed by atoms with Crippen molar-refractivity contribution in [1.29, 1.82) is 0 Å². The summed E-state index contributed by atoms with van der Waals surface area (Å²) < 4.78 is 4.74. The predicted molar refractivity (Wildman–Crippen MR) is 72.0 cm³/mol. The molecule has 3 N–H and O–H groups in total. The van der Waals surface area contributed by atoms with Crippen molar-refractivity contribution in [2.75, 3.05) is 26.8 Å². The number of carbonyl (C=O) groups excluding carboxylic acids is 2. The standard InChI is InChI=1S/C12H15N3O6/c1-21-5-4-13-11(17)7-14-12(18)9-6-8(16)2-3-10(9)15(19)20/h2-3,6,16H,4-5,7H2,1H3,(H,13,17)(H,14,18). The fraction of sp³-hybridized carbons (Fsp3) is 0.333. The molecule has 1 aromatic carbocycles. The molecule has 2 amide bonds. The highest BCUT2D eigenvalue weighted by Gasteiger charge is 2.21. The van der Waals surface area contributed by atoms with Gasteiger partial charge in [-0.3, -0.25) is 19.7 Å². The Balaban J connectivity index is 2.65. The summed E-state index contributed by atoms with van der Waals surface area (Å²) in [5.41, 5.74) is -0.769. The quantitative estimate of drug-likeness (QED) is 0.362. The Morgan fingerprint density at radius 1 is 1.38 bits per heavy atom. The molecule has 0 aliphatic rings. The van der Waals surface area contributed by atoms with Gasteiger partial charge in [0.15, 0.2) is 0 Å². The van der Waals surface area contributed by atoms with Crippen molar-refractivity contribution in [3.8, 4) is 5.75 Å². The Kier molecular flexibility index (Phi) is 6.08. The molecule has 0 aliphatic carbocycles. The number of hydrogen-bond acceptors (Lipinski definition) is 6. The number of carbonyl (C=O) groups is 2. The van der Waals surface area contributed by atoms with Gasteiger partial charge in [0.05, 0.1) is 18.1 Å². The number of nitro benzene ring substituents is 1. The van der Waals surface area contributed by atoms with Crippen LogP contribution in [0.1, 0.15) is 10.4 Å². The maximum Gasteiger partial charge on any atom is 0.282 e. The zero-order chi connectivity index (χ0) is 15.8. The van der Waals surface area contributed by atoms with E-state index in [1.54, 1.807) is 0 Å². The number of hydrogen-bond donors (Lipinski definition) is 3. The van der Waals surface area contributed by atoms with Crippen molar-refractivity contribution in [2.24, 2.45) is 0 Å². The zero-order valence-electron chi connectivity index (χ0n) is 11.3. The lowest BCUT2D eigenvalue weighted by atomic mass is 10.1. The summed E-state index contributed by atoms with van der Waals surface area (Å²) >= 11 is 0. The molecule has 9 heteroatoms. The van der Waals surface area contributed by atoms with Crippen LogP contribution >= 0.6 is 0 Å². The Labute approximate surface area is 120 Å². The van der Waals surface area contributed by atoms with E-state index in [0.29, 0.717) is 6.61 Å². The van der Waals surface area contributed by atoms with Crippen molar-refractivity contribution in [3.63, 3.8) is 0 Å². The van der Waals surface area contributed by atoms with Crippen LogP contribution in [0.2, 0.25) is 0 Å². The molecular formula is C12H15N3O6. The van der Waals surface area contributed by atoms with Crippen LogP contribution in [0.25, 0.3) is 0 Å². The van der Waals surface area contributed by atoms with Gasteiger partial charge in [-0.2, -0.15) is 0 Å². The third-order valence-corrected chi connectivity index (χ3v) is 2.46. The molecule has 0 bridgehead atoms. The number of nitrogens with one attached hydrogen (secondary N) is 2. The third kappa shape index (κ3) is 5.07. The second-order valence-electron chi connectivity index (χ2n) is 3.98. The topological polar surface area (TPSA) is 131 Å². The minimum Gasteiger partial charge on any atom is -0.508 e. The molecule has 0 atom stereocenters. The van der Waals surface area contributed by atoms with Gasteiger partial charge in [-0.1, -0.05) is 0 Å². The predicted octanol–water partition coefficient (Wildman–Crippen LogP) is -0.207. The second-order valence-corrected chi connectivity index (χ2v) is 3.98. The fourth-order valence-corrected chi connectivity index (χ4v) is 1.48. The number of methoxy groups -OCH3 is 1. The van der Waals surface area contributed by atoms with Gasteiger partial charge >= 0.3 is 0 Å². The molecule has 0 aromatic heterocycles. The number of nitrogens with zero attached hydrogens (tertiary/aromatic N) is 1. The van der Waals surface area contributed by atoms with E-state index in [1.165, 1.54) is 7.11 Å². The SMILES string of the molecule is COCCNC(=O)CNC(=O)c1cc(O)ccc1[N+](=O)[O-]. The maximum absolute atomic E-state index is 11.8. The zero-order valence-corrected chi connectivity index (χ0v) is 11.3. The molecule has 1 rings (SSSR count). The largest absolute Gasteiger partial charge is 0.508 e. The van der Waals surface area contributed by atoms with E-state index < -0.39 is 22.4 Å². The summed E-state index contributed by atoms with van der Waals surface area (Å²) in [5.74, 6) is -1.56. The minimum atomic E-state index is -0.820. The molecule has 114 valence electrons. The van der Waals surface area contributed by atoms with E-state index in [4.69, 9.17) is 4.74 Å². The van der Waals surface area contributed by atoms with Crippen LogP contribution in [0.15, 0.2) is 18.2 Å². The van der Waals surface area contributed by atoms with Crippen LogP contribution in [0.4, 0.5) is 5.69 Å². The molecule has 0 saturated carbocycles. The lowest BCUT2D eigenvalue weighted by Gasteiger charge is -2.07. The first-order chi connectivity index (χ1) is 9.95. The lowest BCUT2D eigenvalue weighted by molar-refractivity contribution is -0.385. The van der Waals surface area contributed by atoms with Crippen LogP contribution in [-0.2, 0) is 9.53 Å². The van der Waals surface area contributed by atoms with Gasteiger partial charge in [0.2, 0.25) is 5.91 Å². The van der Waals surface area contributed by atoms with Gasteiger partial charge in [-0.15, -0.1) is 0 Å². The summed E-state index contributed by atoms with van der Waals surface area (Å²) in [7, 11) is 1.48. The number of benzene rings is 1. The smallest absolute Gasteiger partial charge is 0.282 e. The number of ether oxygens (including phenoxy) is 1. The van der Waals surface area contributed by atoms with Crippen LogP contribution in [0.3, 0.4) is 0 Å². The number of nitro groups is 1. The van der Waals surface area contributed by atoms with Gasteiger partial charge in [0, 0.05) is 19.7 Å². The molecule has 21 heavy (non-hydrogen) atoms. The Hall–Kier alpha value is -2.68. The number of phenolic OH excluding ortho intramolecular Hbond substituents is 1. The second kappa shape index (κ2) is 7.80. The van der Waals surface area contributed by atoms with Crippen molar-refractivity contribution in [2.45, 2.75) is 0 Å². The van der Waals surface area contributed by atoms with Gasteiger partial charge in [0.25, 0.3) is 11.6 Å². The number of phenols is 1. The highest BCUT2D eigenvalue weighted by Crippen LogP contribution is 2.22. The normalized spacial score (nSPS) is 9.95. The van der Waals surface area contributed by atoms with Crippen molar-refractivity contribution >= 4 is 17.5 Å². The first-order valence-corrected chi connectivity index (χ1v) is 5.97. The first kappa shape index (κ1) is 16.4. The Morgan fingerprint density at radius 2 is 2.10 bits per heavy atom. The van der Waals surface area contributed by atoms with Crippen LogP contribution < -0.4 is 10.6 Å². The third-order valence-electron chi connectivity index (χ3n) is 2.46. The van der Waals surface area contributed by atoms with Crippen molar-refractivity contribution in [3.05, 3.63) is 33.9 Å². The number of rotatable bonds is 7. The van der Waals surface area contributed by atoms with Crippen molar-refractivity contribution < 1.29 is 24.4 Å². The first-order valence-electron chi connectivity index (χ1n) is 5.97. The highest BCUT2D eigenvalue weighted by molar-refractivity contribution is 6.00. The summed E-state index contributed by atoms with van der Waals surface area (Å²) in [6, 6.07) is 3.09. The molecule has 9 nitrogen and oxygen atoms in total. The lowest BCUT2D eigenvalue weighted by Crippen LogP contribution is -2.38. The van der Waals surface area contributed by atoms with Crippen molar-refractivity contribution in [1.82, 2.24) is 10.6 Å². The molecule has 0 unspecified atom stereocenters. The molecule has 0 heterocycles. The molecule has 0 aliphatic heterocycles. The molecule has 1 aromatic rings. The van der Waals surface area contributed by atoms with E-state index in [-0.39, 0.29) is 24.4 Å². The molecule has 0 saturated heterocycles. The average Bonchev–Trinajstić information content (AvgIpc) is 2.44. The van der Waals surface area contributed by atoms with E-state index >= 15 is 0 Å². The van der Waals surface area contributed by atoms with Crippen LogP contribution in [0.5, 0.6) is 5.75 Å². The maximum atomic E-state index is 11.8. The number of aromatic hydroxyl groups is 1. The summed E-state index contributed by atoms with van der Waals surface area (Å²) in [6.07, 6.45) is 0. The molecule has 0 spiro atoms. The van der Waals surface area contributed by atoms with Crippen LogP contribution in [-0.4, -0.2) is 48.7 Å².